The van der Waals surface area contributed by atoms with Crippen molar-refractivity contribution < 1.29 is 9.53 Å². The molecule has 0 aromatic carbocycles. The Morgan fingerprint density at radius 1 is 1.37 bits per heavy atom. The van der Waals surface area contributed by atoms with Gasteiger partial charge in [-0.3, -0.25) is 4.79 Å². The normalized spacial score (nSPS) is 23.0. The third kappa shape index (κ3) is 5.11. The van der Waals surface area contributed by atoms with Crippen LogP contribution < -0.4 is 5.73 Å². The largest absolute Gasteiger partial charge is 0.378 e. The second-order valence-electron chi connectivity index (χ2n) is 6.59. The first-order valence-corrected chi connectivity index (χ1v) is 7.52. The smallest absolute Gasteiger partial charge is 0.240 e. The highest BCUT2D eigenvalue weighted by atomic mass is 16.5. The van der Waals surface area contributed by atoms with Crippen molar-refractivity contribution in [3.8, 4) is 0 Å². The second kappa shape index (κ2) is 7.25. The van der Waals surface area contributed by atoms with Gasteiger partial charge in [0.2, 0.25) is 5.91 Å². The van der Waals surface area contributed by atoms with Crippen LogP contribution in [0.2, 0.25) is 0 Å². The van der Waals surface area contributed by atoms with E-state index in [1.807, 2.05) is 25.7 Å². The molecule has 1 fully saturated rings. The van der Waals surface area contributed by atoms with Gasteiger partial charge >= 0.3 is 0 Å². The van der Waals surface area contributed by atoms with E-state index in [4.69, 9.17) is 10.5 Å². The summed E-state index contributed by atoms with van der Waals surface area (Å²) in [5.74, 6) is 0.0867. The Balaban J connectivity index is 2.50. The molecule has 1 aliphatic heterocycles. The van der Waals surface area contributed by atoms with E-state index >= 15 is 0 Å². The van der Waals surface area contributed by atoms with Crippen LogP contribution in [0.25, 0.3) is 0 Å². The van der Waals surface area contributed by atoms with Gasteiger partial charge in [0.1, 0.15) is 0 Å². The van der Waals surface area contributed by atoms with E-state index in [1.54, 1.807) is 0 Å². The van der Waals surface area contributed by atoms with Gasteiger partial charge in [0.05, 0.1) is 12.1 Å². The zero-order valence-electron chi connectivity index (χ0n) is 12.9. The third-order valence-electron chi connectivity index (χ3n) is 3.74. The van der Waals surface area contributed by atoms with Crippen molar-refractivity contribution in [2.75, 3.05) is 19.7 Å². The van der Waals surface area contributed by atoms with Crippen LogP contribution in [0, 0.1) is 5.41 Å². The highest BCUT2D eigenvalue weighted by Crippen LogP contribution is 2.21. The first kappa shape index (κ1) is 16.4. The molecule has 1 unspecified atom stereocenters. The van der Waals surface area contributed by atoms with E-state index in [2.05, 4.69) is 6.92 Å². The van der Waals surface area contributed by atoms with Crippen LogP contribution in [0.1, 0.15) is 53.4 Å². The lowest BCUT2D eigenvalue weighted by molar-refractivity contribution is -0.135. The number of nitrogens with two attached hydrogens (primary N) is 1. The van der Waals surface area contributed by atoms with Crippen LogP contribution in [0.3, 0.4) is 0 Å². The van der Waals surface area contributed by atoms with E-state index in [9.17, 15) is 4.79 Å². The fourth-order valence-electron chi connectivity index (χ4n) is 2.30. The maximum atomic E-state index is 12.4. The molecular weight excluding hydrogens is 240 g/mol. The molecule has 2 atom stereocenters. The summed E-state index contributed by atoms with van der Waals surface area (Å²) in [6, 6.07) is -0.416. The van der Waals surface area contributed by atoms with Crippen LogP contribution in [-0.2, 0) is 9.53 Å². The summed E-state index contributed by atoms with van der Waals surface area (Å²) in [5.41, 5.74) is 5.89. The van der Waals surface area contributed by atoms with Gasteiger partial charge in [-0.15, -0.1) is 0 Å². The molecule has 1 rings (SSSR count). The molecule has 0 bridgehead atoms. The average Bonchev–Trinajstić information content (AvgIpc) is 2.58. The lowest BCUT2D eigenvalue weighted by Gasteiger charge is -2.31. The fraction of sp³-hybridized carbons (Fsp3) is 0.933. The number of amides is 1. The Hall–Kier alpha value is -0.610. The second-order valence-corrected chi connectivity index (χ2v) is 6.59. The molecule has 112 valence electrons. The van der Waals surface area contributed by atoms with Crippen molar-refractivity contribution in [3.05, 3.63) is 0 Å². The number of nitrogens with zero attached hydrogens (tertiary/aromatic N) is 1. The number of hydrogen-bond donors (Lipinski definition) is 1. The minimum Gasteiger partial charge on any atom is -0.378 e. The molecule has 0 aliphatic carbocycles. The standard InChI is InChI=1S/C15H30N2O2/c1-5-11-19-12-7-6-9-17(10-8-12)14(18)13(16)15(2,3)4/h12-13H,5-11,16H2,1-4H3/t12?,13-/m1/s1. The first-order valence-electron chi connectivity index (χ1n) is 7.52. The number of hydrogen-bond acceptors (Lipinski definition) is 3. The van der Waals surface area contributed by atoms with Gasteiger partial charge in [0.15, 0.2) is 0 Å². The van der Waals surface area contributed by atoms with Gasteiger partial charge in [-0.25, -0.2) is 0 Å². The lowest BCUT2D eigenvalue weighted by atomic mass is 9.86. The molecule has 1 aliphatic rings. The molecule has 2 N–H and O–H groups in total. The Labute approximate surface area is 117 Å². The van der Waals surface area contributed by atoms with Crippen molar-refractivity contribution in [1.29, 1.82) is 0 Å². The summed E-state index contributed by atoms with van der Waals surface area (Å²) in [6.45, 7) is 10.6. The highest BCUT2D eigenvalue weighted by Gasteiger charge is 2.32. The topological polar surface area (TPSA) is 55.6 Å². The molecular formula is C15H30N2O2. The zero-order valence-corrected chi connectivity index (χ0v) is 12.9. The van der Waals surface area contributed by atoms with Gasteiger partial charge in [-0.05, 0) is 31.1 Å². The summed E-state index contributed by atoms with van der Waals surface area (Å²) >= 11 is 0. The number of ether oxygens (including phenoxy) is 1. The Morgan fingerprint density at radius 3 is 2.63 bits per heavy atom. The molecule has 1 heterocycles. The first-order chi connectivity index (χ1) is 8.86. The maximum Gasteiger partial charge on any atom is 0.240 e. The van der Waals surface area contributed by atoms with E-state index in [1.165, 1.54) is 0 Å². The predicted octanol–water partition coefficient (Wildman–Crippen LogP) is 2.17. The SMILES string of the molecule is CCCOC1CCCN(C(=O)[C@@H](N)C(C)(C)C)CC1. The van der Waals surface area contributed by atoms with E-state index in [-0.39, 0.29) is 11.3 Å². The van der Waals surface area contributed by atoms with Crippen LogP contribution in [0.4, 0.5) is 0 Å². The molecule has 1 amide bonds. The summed E-state index contributed by atoms with van der Waals surface area (Å²) in [6.07, 6.45) is 4.35. The van der Waals surface area contributed by atoms with Crippen LogP contribution in [-0.4, -0.2) is 42.6 Å². The van der Waals surface area contributed by atoms with E-state index < -0.39 is 6.04 Å². The molecule has 4 heteroatoms. The molecule has 0 saturated carbocycles. The summed E-state index contributed by atoms with van der Waals surface area (Å²) in [7, 11) is 0. The summed E-state index contributed by atoms with van der Waals surface area (Å²) in [5, 5.41) is 0. The van der Waals surface area contributed by atoms with Crippen molar-refractivity contribution in [2.24, 2.45) is 11.1 Å². The van der Waals surface area contributed by atoms with Crippen molar-refractivity contribution in [1.82, 2.24) is 4.90 Å². The van der Waals surface area contributed by atoms with E-state index in [0.717, 1.165) is 45.4 Å². The quantitative estimate of drug-likeness (QED) is 0.851. The molecule has 4 nitrogen and oxygen atoms in total. The van der Waals surface area contributed by atoms with Gasteiger partial charge in [-0.2, -0.15) is 0 Å². The molecule has 0 spiro atoms. The Kier molecular flexibility index (Phi) is 6.27. The van der Waals surface area contributed by atoms with Crippen molar-refractivity contribution >= 4 is 5.91 Å². The minimum atomic E-state index is -0.416. The van der Waals surface area contributed by atoms with E-state index in [0.29, 0.717) is 6.10 Å². The van der Waals surface area contributed by atoms with Gasteiger partial charge < -0.3 is 15.4 Å². The Bertz CT molecular complexity index is 286. The molecule has 1 saturated heterocycles. The molecule has 0 aromatic rings. The molecule has 0 aromatic heterocycles. The van der Waals surface area contributed by atoms with Gasteiger partial charge in [-0.1, -0.05) is 27.7 Å². The number of carbonyl (C=O) groups is 1. The number of rotatable bonds is 4. The number of carbonyl (C=O) groups excluding carboxylic acids is 1. The monoisotopic (exact) mass is 270 g/mol. The molecule has 0 radical (unpaired) electrons. The van der Waals surface area contributed by atoms with Gasteiger partial charge in [0, 0.05) is 19.7 Å². The summed E-state index contributed by atoms with van der Waals surface area (Å²) < 4.78 is 5.80. The van der Waals surface area contributed by atoms with Crippen molar-refractivity contribution in [3.63, 3.8) is 0 Å². The average molecular weight is 270 g/mol. The third-order valence-corrected chi connectivity index (χ3v) is 3.74. The van der Waals surface area contributed by atoms with Crippen LogP contribution >= 0.6 is 0 Å². The lowest BCUT2D eigenvalue weighted by Crippen LogP contribution is -2.50. The number of likely N-dealkylation sites (tertiary alicyclic amines) is 1. The Morgan fingerprint density at radius 2 is 2.05 bits per heavy atom. The van der Waals surface area contributed by atoms with Crippen molar-refractivity contribution in [2.45, 2.75) is 65.5 Å². The van der Waals surface area contributed by atoms with Gasteiger partial charge in [0.25, 0.3) is 0 Å². The summed E-state index contributed by atoms with van der Waals surface area (Å²) in [4.78, 5) is 14.3. The fourth-order valence-corrected chi connectivity index (χ4v) is 2.30. The maximum absolute atomic E-state index is 12.4. The van der Waals surface area contributed by atoms with Crippen LogP contribution in [0.15, 0.2) is 0 Å². The molecule has 19 heavy (non-hydrogen) atoms. The zero-order chi connectivity index (χ0) is 14.5. The minimum absolute atomic E-state index is 0.0867. The predicted molar refractivity (Wildman–Crippen MR) is 77.9 cm³/mol. The highest BCUT2D eigenvalue weighted by molar-refractivity contribution is 5.82. The van der Waals surface area contributed by atoms with Crippen LogP contribution in [0.5, 0.6) is 0 Å².